The summed E-state index contributed by atoms with van der Waals surface area (Å²) in [4.78, 5) is 24.3. The van der Waals surface area contributed by atoms with Crippen LogP contribution in [0.15, 0.2) is 12.1 Å². The molecule has 1 aromatic carbocycles. The Kier molecular flexibility index (Phi) is 2.83. The Labute approximate surface area is 109 Å². The van der Waals surface area contributed by atoms with Crippen molar-refractivity contribution in [3.63, 3.8) is 0 Å². The van der Waals surface area contributed by atoms with Crippen LogP contribution >= 0.6 is 0 Å². The lowest BCUT2D eigenvalue weighted by Gasteiger charge is -2.28. The lowest BCUT2D eigenvalue weighted by atomic mass is 10.1. The molecule has 0 saturated carbocycles. The predicted molar refractivity (Wildman–Crippen MR) is 67.3 cm³/mol. The summed E-state index contributed by atoms with van der Waals surface area (Å²) >= 11 is 0. The zero-order valence-electron chi connectivity index (χ0n) is 10.2. The normalized spacial score (nSPS) is 18.1. The Morgan fingerprint density at radius 2 is 2.05 bits per heavy atom. The molecule has 1 amide bonds. The Morgan fingerprint density at radius 3 is 2.74 bits per heavy atom. The third kappa shape index (κ3) is 2.01. The number of benzene rings is 1. The summed E-state index contributed by atoms with van der Waals surface area (Å²) in [5.41, 5.74) is 1.78. The molecule has 0 aromatic heterocycles. The number of ether oxygens (including phenoxy) is 1. The first kappa shape index (κ1) is 11.9. The second-order valence-electron chi connectivity index (χ2n) is 4.54. The van der Waals surface area contributed by atoms with Gasteiger partial charge in [-0.05, 0) is 11.6 Å². The van der Waals surface area contributed by atoms with Crippen LogP contribution in [-0.2, 0) is 11.3 Å². The van der Waals surface area contributed by atoms with Gasteiger partial charge in [0.15, 0.2) is 0 Å². The lowest BCUT2D eigenvalue weighted by molar-refractivity contribution is -0.384. The number of nitro benzene ring substituents is 1. The van der Waals surface area contributed by atoms with Gasteiger partial charge < -0.3 is 15.0 Å². The standard InChI is InChI=1S/C12H13N3O4/c16-12-9-6-10(14-1-3-19-4-2-14)11(15(17)18)5-8(9)7-13-12/h5-6H,1-4,7H2,(H,13,16). The maximum atomic E-state index is 11.7. The van der Waals surface area contributed by atoms with Crippen molar-refractivity contribution in [3.8, 4) is 0 Å². The summed E-state index contributed by atoms with van der Waals surface area (Å²) in [7, 11) is 0. The Morgan fingerprint density at radius 1 is 1.32 bits per heavy atom. The van der Waals surface area contributed by atoms with Crippen molar-refractivity contribution in [2.45, 2.75) is 6.54 Å². The highest BCUT2D eigenvalue weighted by Gasteiger charge is 2.28. The minimum atomic E-state index is -0.395. The fourth-order valence-corrected chi connectivity index (χ4v) is 2.45. The summed E-state index contributed by atoms with van der Waals surface area (Å²) in [5, 5.41) is 13.9. The van der Waals surface area contributed by atoms with E-state index in [1.54, 1.807) is 6.07 Å². The quantitative estimate of drug-likeness (QED) is 0.626. The van der Waals surface area contributed by atoms with Crippen molar-refractivity contribution in [3.05, 3.63) is 33.4 Å². The third-order valence-electron chi connectivity index (χ3n) is 3.43. The molecule has 1 N–H and O–H groups in total. The van der Waals surface area contributed by atoms with Crippen LogP contribution in [0.25, 0.3) is 0 Å². The van der Waals surface area contributed by atoms with Gasteiger partial charge in [-0.2, -0.15) is 0 Å². The molecule has 3 rings (SSSR count). The minimum absolute atomic E-state index is 0.0529. The molecular weight excluding hydrogens is 250 g/mol. The van der Waals surface area contributed by atoms with E-state index in [1.807, 2.05) is 4.90 Å². The molecule has 0 atom stereocenters. The van der Waals surface area contributed by atoms with Gasteiger partial charge in [-0.3, -0.25) is 14.9 Å². The number of nitro groups is 1. The summed E-state index contributed by atoms with van der Waals surface area (Å²) in [6.07, 6.45) is 0. The summed E-state index contributed by atoms with van der Waals surface area (Å²) in [6, 6.07) is 3.12. The SMILES string of the molecule is O=C1NCc2cc([N+](=O)[O-])c(N3CCOCC3)cc21. The van der Waals surface area contributed by atoms with E-state index in [4.69, 9.17) is 4.74 Å². The average molecular weight is 263 g/mol. The largest absolute Gasteiger partial charge is 0.378 e. The molecule has 19 heavy (non-hydrogen) atoms. The molecule has 2 heterocycles. The molecule has 0 aliphatic carbocycles. The zero-order chi connectivity index (χ0) is 13.4. The maximum Gasteiger partial charge on any atom is 0.292 e. The molecule has 0 spiro atoms. The molecule has 7 heteroatoms. The lowest BCUT2D eigenvalue weighted by Crippen LogP contribution is -2.36. The number of carbonyl (C=O) groups excluding carboxylic acids is 1. The predicted octanol–water partition coefficient (Wildman–Crippen LogP) is 0.675. The Hall–Kier alpha value is -2.15. The maximum absolute atomic E-state index is 11.7. The number of nitrogens with one attached hydrogen (secondary N) is 1. The summed E-state index contributed by atoms with van der Waals surface area (Å²) < 4.78 is 5.24. The molecule has 0 bridgehead atoms. The van der Waals surface area contributed by atoms with Crippen LogP contribution in [-0.4, -0.2) is 37.1 Å². The van der Waals surface area contributed by atoms with Crippen LogP contribution in [0.4, 0.5) is 11.4 Å². The van der Waals surface area contributed by atoms with Gasteiger partial charge in [0.2, 0.25) is 0 Å². The van der Waals surface area contributed by atoms with E-state index in [0.29, 0.717) is 49.7 Å². The molecule has 0 unspecified atom stereocenters. The Balaban J connectivity index is 2.07. The molecular formula is C12H13N3O4. The molecule has 2 aliphatic rings. The molecule has 2 aliphatic heterocycles. The second kappa shape index (κ2) is 4.51. The highest BCUT2D eigenvalue weighted by molar-refractivity contribution is 6.00. The van der Waals surface area contributed by atoms with Crippen LogP contribution in [0.5, 0.6) is 0 Å². The molecule has 7 nitrogen and oxygen atoms in total. The smallest absolute Gasteiger partial charge is 0.292 e. The van der Waals surface area contributed by atoms with Crippen molar-refractivity contribution >= 4 is 17.3 Å². The van der Waals surface area contributed by atoms with Gasteiger partial charge in [0, 0.05) is 31.3 Å². The molecule has 1 aromatic rings. The fraction of sp³-hybridized carbons (Fsp3) is 0.417. The first-order valence-corrected chi connectivity index (χ1v) is 6.09. The van der Waals surface area contributed by atoms with Gasteiger partial charge in [0.25, 0.3) is 11.6 Å². The number of morpholine rings is 1. The molecule has 1 saturated heterocycles. The highest BCUT2D eigenvalue weighted by Crippen LogP contribution is 2.33. The number of fused-ring (bicyclic) bond motifs is 1. The van der Waals surface area contributed by atoms with Gasteiger partial charge in [0.05, 0.1) is 18.1 Å². The third-order valence-corrected chi connectivity index (χ3v) is 3.43. The van der Waals surface area contributed by atoms with E-state index >= 15 is 0 Å². The van der Waals surface area contributed by atoms with Crippen molar-refractivity contribution in [1.82, 2.24) is 5.32 Å². The first-order chi connectivity index (χ1) is 9.16. The summed E-state index contributed by atoms with van der Waals surface area (Å²) in [6.45, 7) is 2.64. The minimum Gasteiger partial charge on any atom is -0.378 e. The monoisotopic (exact) mass is 263 g/mol. The number of rotatable bonds is 2. The number of carbonyl (C=O) groups is 1. The number of nitrogens with zero attached hydrogens (tertiary/aromatic N) is 2. The average Bonchev–Trinajstić information content (AvgIpc) is 2.79. The van der Waals surface area contributed by atoms with Crippen LogP contribution in [0.3, 0.4) is 0 Å². The van der Waals surface area contributed by atoms with E-state index in [0.717, 1.165) is 0 Å². The van der Waals surface area contributed by atoms with Crippen LogP contribution < -0.4 is 10.2 Å². The topological polar surface area (TPSA) is 84.7 Å². The highest BCUT2D eigenvalue weighted by atomic mass is 16.6. The Bertz CT molecular complexity index is 552. The van der Waals surface area contributed by atoms with Crippen molar-refractivity contribution < 1.29 is 14.5 Å². The number of amides is 1. The van der Waals surface area contributed by atoms with Crippen molar-refractivity contribution in [2.24, 2.45) is 0 Å². The van der Waals surface area contributed by atoms with E-state index in [1.165, 1.54) is 6.07 Å². The van der Waals surface area contributed by atoms with Crippen molar-refractivity contribution in [2.75, 3.05) is 31.2 Å². The van der Waals surface area contributed by atoms with E-state index in [-0.39, 0.29) is 11.6 Å². The summed E-state index contributed by atoms with van der Waals surface area (Å²) in [5.74, 6) is -0.167. The number of hydrogen-bond donors (Lipinski definition) is 1. The van der Waals surface area contributed by atoms with E-state index in [2.05, 4.69) is 5.32 Å². The van der Waals surface area contributed by atoms with Gasteiger partial charge >= 0.3 is 0 Å². The van der Waals surface area contributed by atoms with Gasteiger partial charge in [-0.1, -0.05) is 0 Å². The molecule has 0 radical (unpaired) electrons. The second-order valence-corrected chi connectivity index (χ2v) is 4.54. The zero-order valence-corrected chi connectivity index (χ0v) is 10.2. The fourth-order valence-electron chi connectivity index (χ4n) is 2.45. The van der Waals surface area contributed by atoms with Crippen LogP contribution in [0.1, 0.15) is 15.9 Å². The van der Waals surface area contributed by atoms with Gasteiger partial charge in [-0.25, -0.2) is 0 Å². The van der Waals surface area contributed by atoms with Crippen LogP contribution in [0, 0.1) is 10.1 Å². The van der Waals surface area contributed by atoms with Gasteiger partial charge in [0.1, 0.15) is 5.69 Å². The first-order valence-electron chi connectivity index (χ1n) is 6.09. The molecule has 100 valence electrons. The number of hydrogen-bond acceptors (Lipinski definition) is 5. The molecule has 1 fully saturated rings. The van der Waals surface area contributed by atoms with Gasteiger partial charge in [-0.15, -0.1) is 0 Å². The van der Waals surface area contributed by atoms with Crippen LogP contribution in [0.2, 0.25) is 0 Å². The number of anilines is 1. The van der Waals surface area contributed by atoms with Crippen molar-refractivity contribution in [1.29, 1.82) is 0 Å². The van der Waals surface area contributed by atoms with E-state index in [9.17, 15) is 14.9 Å². The van der Waals surface area contributed by atoms with E-state index < -0.39 is 4.92 Å².